The van der Waals surface area contributed by atoms with Crippen LogP contribution in [-0.4, -0.2) is 10.9 Å². The van der Waals surface area contributed by atoms with Crippen molar-refractivity contribution in [3.05, 3.63) is 29.0 Å². The Balaban J connectivity index is 2.05. The number of aromatic nitrogens is 1. The van der Waals surface area contributed by atoms with Crippen LogP contribution in [0.1, 0.15) is 37.2 Å². The van der Waals surface area contributed by atoms with Gasteiger partial charge in [-0.25, -0.2) is 4.98 Å². The number of carbonyl (C=O) groups excluding carboxylic acids is 1. The van der Waals surface area contributed by atoms with Crippen molar-refractivity contribution in [3.8, 4) is 0 Å². The fourth-order valence-electron chi connectivity index (χ4n) is 2.39. The molecule has 1 aromatic rings. The third-order valence-corrected chi connectivity index (χ3v) is 3.67. The molecule has 0 spiro atoms. The molecule has 0 aliphatic heterocycles. The number of amides is 1. The monoisotopic (exact) mass is 238 g/mol. The Morgan fingerprint density at radius 1 is 1.38 bits per heavy atom. The van der Waals surface area contributed by atoms with Crippen LogP contribution in [0.3, 0.4) is 0 Å². The fourth-order valence-corrected chi connectivity index (χ4v) is 2.67. The van der Waals surface area contributed by atoms with Gasteiger partial charge in [0.25, 0.3) is 0 Å². The van der Waals surface area contributed by atoms with Crippen molar-refractivity contribution in [3.63, 3.8) is 0 Å². The Kier molecular flexibility index (Phi) is 3.44. The van der Waals surface area contributed by atoms with Gasteiger partial charge >= 0.3 is 0 Å². The Labute approximate surface area is 100 Å². The largest absolute Gasteiger partial charge is 0.369 e. The molecule has 0 radical (unpaired) electrons. The molecule has 1 aliphatic rings. The molecule has 1 saturated carbocycles. The topological polar surface area (TPSA) is 56.0 Å². The number of rotatable bonds is 2. The minimum absolute atomic E-state index is 0.0479. The van der Waals surface area contributed by atoms with Crippen LogP contribution < -0.4 is 5.73 Å². The molecule has 1 aliphatic carbocycles. The van der Waals surface area contributed by atoms with E-state index in [9.17, 15) is 4.79 Å². The zero-order valence-corrected chi connectivity index (χ0v) is 9.78. The van der Waals surface area contributed by atoms with E-state index in [2.05, 4.69) is 4.98 Å². The van der Waals surface area contributed by atoms with Crippen molar-refractivity contribution in [1.82, 2.24) is 4.98 Å². The Bertz CT molecular complexity index is 386. The highest BCUT2D eigenvalue weighted by Crippen LogP contribution is 2.37. The molecule has 0 saturated heterocycles. The third-order valence-electron chi connectivity index (χ3n) is 3.36. The summed E-state index contributed by atoms with van der Waals surface area (Å²) in [6.45, 7) is 0. The van der Waals surface area contributed by atoms with E-state index in [1.54, 1.807) is 6.20 Å². The van der Waals surface area contributed by atoms with Crippen molar-refractivity contribution < 1.29 is 4.79 Å². The van der Waals surface area contributed by atoms with Gasteiger partial charge in [0.05, 0.1) is 0 Å². The van der Waals surface area contributed by atoms with E-state index in [1.165, 1.54) is 0 Å². The van der Waals surface area contributed by atoms with Crippen LogP contribution in [0.5, 0.6) is 0 Å². The second-order valence-corrected chi connectivity index (χ2v) is 4.69. The first-order valence-corrected chi connectivity index (χ1v) is 5.96. The molecular formula is C12H15ClN2O. The van der Waals surface area contributed by atoms with Crippen LogP contribution in [0.25, 0.3) is 0 Å². The maximum atomic E-state index is 11.0. The molecule has 86 valence electrons. The van der Waals surface area contributed by atoms with Crippen molar-refractivity contribution in [2.75, 3.05) is 0 Å². The predicted octanol–water partition coefficient (Wildman–Crippen LogP) is 2.49. The maximum absolute atomic E-state index is 11.0. The number of carbonyl (C=O) groups is 1. The van der Waals surface area contributed by atoms with Gasteiger partial charge in [-0.2, -0.15) is 0 Å². The molecule has 0 bridgehead atoms. The number of primary amides is 1. The van der Waals surface area contributed by atoms with Gasteiger partial charge in [-0.15, -0.1) is 0 Å². The molecular weight excluding hydrogens is 224 g/mol. The lowest BCUT2D eigenvalue weighted by Crippen LogP contribution is -2.27. The van der Waals surface area contributed by atoms with Gasteiger partial charge in [-0.3, -0.25) is 4.79 Å². The van der Waals surface area contributed by atoms with Crippen LogP contribution in [-0.2, 0) is 4.79 Å². The molecule has 0 aromatic carbocycles. The average molecular weight is 239 g/mol. The van der Waals surface area contributed by atoms with Crippen molar-refractivity contribution in [2.45, 2.75) is 31.6 Å². The maximum Gasteiger partial charge on any atom is 0.220 e. The number of hydrogen-bond donors (Lipinski definition) is 1. The minimum Gasteiger partial charge on any atom is -0.369 e. The number of pyridine rings is 1. The summed E-state index contributed by atoms with van der Waals surface area (Å²) >= 11 is 6.05. The standard InChI is InChI=1S/C12H15ClN2O/c13-11-10(2-1-7-15-11)8-3-5-9(6-4-8)12(14)16/h1-2,7-9H,3-6H2,(H2,14,16). The number of nitrogens with two attached hydrogens (primary N) is 1. The lowest BCUT2D eigenvalue weighted by molar-refractivity contribution is -0.122. The van der Waals surface area contributed by atoms with E-state index in [0.29, 0.717) is 11.1 Å². The highest BCUT2D eigenvalue weighted by atomic mass is 35.5. The smallest absolute Gasteiger partial charge is 0.220 e. The van der Waals surface area contributed by atoms with Gasteiger partial charge in [0.1, 0.15) is 5.15 Å². The van der Waals surface area contributed by atoms with Crippen LogP contribution >= 0.6 is 11.6 Å². The molecule has 1 amide bonds. The van der Waals surface area contributed by atoms with Gasteiger partial charge in [0.2, 0.25) is 5.91 Å². The van der Waals surface area contributed by atoms with Gasteiger partial charge in [-0.1, -0.05) is 17.7 Å². The highest BCUT2D eigenvalue weighted by Gasteiger charge is 2.26. The second-order valence-electron chi connectivity index (χ2n) is 4.33. The molecule has 0 atom stereocenters. The summed E-state index contributed by atoms with van der Waals surface area (Å²) in [4.78, 5) is 15.1. The summed E-state index contributed by atoms with van der Waals surface area (Å²) in [6, 6.07) is 3.92. The van der Waals surface area contributed by atoms with Crippen molar-refractivity contribution in [2.24, 2.45) is 11.7 Å². The lowest BCUT2D eigenvalue weighted by Gasteiger charge is -2.27. The normalized spacial score (nSPS) is 25.3. The molecule has 16 heavy (non-hydrogen) atoms. The van der Waals surface area contributed by atoms with Crippen LogP contribution in [0.15, 0.2) is 18.3 Å². The first kappa shape index (κ1) is 11.4. The summed E-state index contributed by atoms with van der Waals surface area (Å²) in [7, 11) is 0. The second kappa shape index (κ2) is 4.83. The summed E-state index contributed by atoms with van der Waals surface area (Å²) in [5.74, 6) is 0.305. The van der Waals surface area contributed by atoms with Gasteiger partial charge in [0.15, 0.2) is 0 Å². The van der Waals surface area contributed by atoms with E-state index in [4.69, 9.17) is 17.3 Å². The lowest BCUT2D eigenvalue weighted by atomic mass is 9.79. The molecule has 0 unspecified atom stereocenters. The molecule has 1 heterocycles. The predicted molar refractivity (Wildman–Crippen MR) is 63.1 cm³/mol. The summed E-state index contributed by atoms with van der Waals surface area (Å²) in [5, 5.41) is 0.588. The number of hydrogen-bond acceptors (Lipinski definition) is 2. The van der Waals surface area contributed by atoms with E-state index in [0.717, 1.165) is 31.2 Å². The molecule has 1 aromatic heterocycles. The van der Waals surface area contributed by atoms with Crippen LogP contribution in [0.2, 0.25) is 5.15 Å². The van der Waals surface area contributed by atoms with E-state index >= 15 is 0 Å². The highest BCUT2D eigenvalue weighted by molar-refractivity contribution is 6.30. The van der Waals surface area contributed by atoms with Gasteiger partial charge < -0.3 is 5.73 Å². The zero-order valence-electron chi connectivity index (χ0n) is 9.03. The van der Waals surface area contributed by atoms with E-state index in [1.807, 2.05) is 12.1 Å². The Hall–Kier alpha value is -1.09. The van der Waals surface area contributed by atoms with Crippen molar-refractivity contribution in [1.29, 1.82) is 0 Å². The molecule has 2 rings (SSSR count). The zero-order chi connectivity index (χ0) is 11.5. The molecule has 3 nitrogen and oxygen atoms in total. The van der Waals surface area contributed by atoms with Gasteiger partial charge in [-0.05, 0) is 43.2 Å². The fraction of sp³-hybridized carbons (Fsp3) is 0.500. The number of nitrogens with zero attached hydrogens (tertiary/aromatic N) is 1. The molecule has 2 N–H and O–H groups in total. The quantitative estimate of drug-likeness (QED) is 0.805. The molecule has 1 fully saturated rings. The van der Waals surface area contributed by atoms with Gasteiger partial charge in [0, 0.05) is 12.1 Å². The first-order chi connectivity index (χ1) is 7.68. The van der Waals surface area contributed by atoms with Crippen LogP contribution in [0.4, 0.5) is 0 Å². The Morgan fingerprint density at radius 3 is 2.62 bits per heavy atom. The molecule has 4 heteroatoms. The summed E-state index contributed by atoms with van der Waals surface area (Å²) < 4.78 is 0. The van der Waals surface area contributed by atoms with E-state index < -0.39 is 0 Å². The third kappa shape index (κ3) is 2.35. The Morgan fingerprint density at radius 2 is 2.06 bits per heavy atom. The summed E-state index contributed by atoms with van der Waals surface area (Å²) in [5.41, 5.74) is 6.41. The summed E-state index contributed by atoms with van der Waals surface area (Å²) in [6.07, 6.45) is 5.37. The number of halogens is 1. The SMILES string of the molecule is NC(=O)C1CCC(c2cccnc2Cl)CC1. The van der Waals surface area contributed by atoms with E-state index in [-0.39, 0.29) is 11.8 Å². The average Bonchev–Trinajstić information content (AvgIpc) is 2.30. The first-order valence-electron chi connectivity index (χ1n) is 5.58. The van der Waals surface area contributed by atoms with Crippen molar-refractivity contribution >= 4 is 17.5 Å². The van der Waals surface area contributed by atoms with Crippen LogP contribution in [0, 0.1) is 5.92 Å². The minimum atomic E-state index is -0.171.